The van der Waals surface area contributed by atoms with Crippen molar-refractivity contribution >= 4 is 5.97 Å². The van der Waals surface area contributed by atoms with Crippen LogP contribution < -0.4 is 14.8 Å². The van der Waals surface area contributed by atoms with Crippen LogP contribution >= 0.6 is 0 Å². The van der Waals surface area contributed by atoms with Crippen molar-refractivity contribution in [2.24, 2.45) is 5.92 Å². The Morgan fingerprint density at radius 1 is 1.07 bits per heavy atom. The van der Waals surface area contributed by atoms with Crippen LogP contribution in [0, 0.1) is 5.92 Å². The van der Waals surface area contributed by atoms with Crippen molar-refractivity contribution in [2.75, 3.05) is 40.0 Å². The lowest BCUT2D eigenvalue weighted by Crippen LogP contribution is -2.38. The number of carbonyl (C=O) groups is 1. The number of nitrogens with one attached hydrogen (secondary N) is 1. The molecule has 0 spiro atoms. The molecular weight excluding hydrogens is 370 g/mol. The average Bonchev–Trinajstić information content (AvgIpc) is 2.74. The van der Waals surface area contributed by atoms with Crippen molar-refractivity contribution in [2.45, 2.75) is 18.8 Å². The van der Waals surface area contributed by atoms with Crippen molar-refractivity contribution in [1.29, 1.82) is 0 Å². The van der Waals surface area contributed by atoms with E-state index in [0.717, 1.165) is 35.6 Å². The number of carboxylic acid groups (broad SMARTS) is 1. The zero-order valence-corrected chi connectivity index (χ0v) is 16.8. The average molecular weight is 399 g/mol. The third kappa shape index (κ3) is 6.21. The number of methoxy groups -OCH3 is 1. The maximum absolute atomic E-state index is 11.6. The molecule has 0 saturated carbocycles. The number of piperidine rings is 1. The minimum atomic E-state index is -0.726. The third-order valence-corrected chi connectivity index (χ3v) is 5.20. The van der Waals surface area contributed by atoms with Crippen LogP contribution in [-0.4, -0.2) is 51.1 Å². The van der Waals surface area contributed by atoms with Crippen LogP contribution in [0.15, 0.2) is 48.5 Å². The summed E-state index contributed by atoms with van der Waals surface area (Å²) in [7, 11) is 1.65. The second kappa shape index (κ2) is 10.8. The van der Waals surface area contributed by atoms with Gasteiger partial charge in [-0.15, -0.1) is 0 Å². The topological polar surface area (TPSA) is 77.0 Å². The second-order valence-electron chi connectivity index (χ2n) is 7.20. The van der Waals surface area contributed by atoms with Gasteiger partial charge in [-0.3, -0.25) is 4.79 Å². The van der Waals surface area contributed by atoms with Gasteiger partial charge in [0.1, 0.15) is 18.1 Å². The molecule has 2 aromatic carbocycles. The van der Waals surface area contributed by atoms with Gasteiger partial charge >= 0.3 is 5.97 Å². The van der Waals surface area contributed by atoms with Crippen LogP contribution in [0.1, 0.15) is 23.5 Å². The predicted octanol–water partition coefficient (Wildman–Crippen LogP) is 3.11. The summed E-state index contributed by atoms with van der Waals surface area (Å²) in [5.41, 5.74) is 2.15. The molecule has 0 radical (unpaired) electrons. The van der Waals surface area contributed by atoms with E-state index >= 15 is 0 Å². The highest BCUT2D eigenvalue weighted by Crippen LogP contribution is 2.31. The Hall–Kier alpha value is -2.57. The predicted molar refractivity (Wildman–Crippen MR) is 111 cm³/mol. The van der Waals surface area contributed by atoms with Gasteiger partial charge < -0.3 is 24.6 Å². The van der Waals surface area contributed by atoms with E-state index in [1.807, 2.05) is 48.5 Å². The lowest BCUT2D eigenvalue weighted by Gasteiger charge is -2.29. The highest BCUT2D eigenvalue weighted by atomic mass is 16.5. The van der Waals surface area contributed by atoms with Crippen LogP contribution in [0.3, 0.4) is 0 Å². The molecule has 6 nitrogen and oxygen atoms in total. The molecule has 0 aromatic heterocycles. The fourth-order valence-corrected chi connectivity index (χ4v) is 3.66. The van der Waals surface area contributed by atoms with Crippen LogP contribution in [0.5, 0.6) is 11.5 Å². The van der Waals surface area contributed by atoms with Gasteiger partial charge in [0, 0.05) is 26.0 Å². The van der Waals surface area contributed by atoms with Gasteiger partial charge in [0.15, 0.2) is 0 Å². The Morgan fingerprint density at radius 2 is 1.83 bits per heavy atom. The molecule has 2 N–H and O–H groups in total. The van der Waals surface area contributed by atoms with Gasteiger partial charge in [0.2, 0.25) is 0 Å². The van der Waals surface area contributed by atoms with Gasteiger partial charge in [0.05, 0.1) is 19.1 Å². The van der Waals surface area contributed by atoms with Crippen molar-refractivity contribution in [3.63, 3.8) is 0 Å². The standard InChI is InChI=1S/C23H29NO5/c1-27-12-13-29-19-6-2-4-17(14-19)9-11-28-20-7-3-5-18(15-20)22-16-24-10-8-21(22)23(25)26/h2-7,14-15,21-22,24H,8-13,16H2,1H3,(H,25,26)/t21-,22+/m1/s1. The highest BCUT2D eigenvalue weighted by molar-refractivity contribution is 5.71. The van der Waals surface area contributed by atoms with Gasteiger partial charge in [-0.1, -0.05) is 24.3 Å². The first kappa shape index (κ1) is 21.1. The van der Waals surface area contributed by atoms with Gasteiger partial charge in [-0.25, -0.2) is 0 Å². The van der Waals surface area contributed by atoms with Crippen LogP contribution in [-0.2, 0) is 16.0 Å². The van der Waals surface area contributed by atoms with Crippen LogP contribution in [0.25, 0.3) is 0 Å². The van der Waals surface area contributed by atoms with Crippen molar-refractivity contribution in [1.82, 2.24) is 5.32 Å². The molecule has 0 amide bonds. The molecule has 1 fully saturated rings. The van der Waals surface area contributed by atoms with Crippen LogP contribution in [0.4, 0.5) is 0 Å². The minimum Gasteiger partial charge on any atom is -0.493 e. The zero-order chi connectivity index (χ0) is 20.5. The maximum atomic E-state index is 11.6. The molecule has 0 aliphatic carbocycles. The molecule has 2 aromatic rings. The molecular formula is C23H29NO5. The van der Waals surface area contributed by atoms with Crippen molar-refractivity contribution in [3.8, 4) is 11.5 Å². The molecule has 0 bridgehead atoms. The van der Waals surface area contributed by atoms with E-state index < -0.39 is 5.97 Å². The molecule has 1 saturated heterocycles. The lowest BCUT2D eigenvalue weighted by atomic mass is 9.81. The van der Waals surface area contributed by atoms with E-state index in [0.29, 0.717) is 32.8 Å². The van der Waals surface area contributed by atoms with E-state index in [9.17, 15) is 9.90 Å². The minimum absolute atomic E-state index is 0.0364. The molecule has 29 heavy (non-hydrogen) atoms. The molecule has 0 unspecified atom stereocenters. The maximum Gasteiger partial charge on any atom is 0.307 e. The van der Waals surface area contributed by atoms with E-state index in [1.165, 1.54) is 0 Å². The van der Waals surface area contributed by atoms with E-state index in [1.54, 1.807) is 7.11 Å². The van der Waals surface area contributed by atoms with Crippen LogP contribution in [0.2, 0.25) is 0 Å². The fourth-order valence-electron chi connectivity index (χ4n) is 3.66. The quantitative estimate of drug-likeness (QED) is 0.598. The molecule has 1 aliphatic heterocycles. The number of aliphatic carboxylic acids is 1. The SMILES string of the molecule is COCCOc1cccc(CCOc2cccc([C@@H]3CNCC[C@H]3C(=O)O)c2)c1. The van der Waals surface area contributed by atoms with E-state index in [4.69, 9.17) is 14.2 Å². The molecule has 6 heteroatoms. The summed E-state index contributed by atoms with van der Waals surface area (Å²) in [6, 6.07) is 15.8. The summed E-state index contributed by atoms with van der Waals surface area (Å²) in [5.74, 6) is 0.476. The molecule has 1 heterocycles. The monoisotopic (exact) mass is 399 g/mol. The third-order valence-electron chi connectivity index (χ3n) is 5.20. The van der Waals surface area contributed by atoms with Crippen molar-refractivity contribution < 1.29 is 24.1 Å². The summed E-state index contributed by atoms with van der Waals surface area (Å²) < 4.78 is 16.6. The fraction of sp³-hybridized carbons (Fsp3) is 0.435. The Morgan fingerprint density at radius 3 is 2.62 bits per heavy atom. The number of hydrogen-bond acceptors (Lipinski definition) is 5. The summed E-state index contributed by atoms with van der Waals surface area (Å²) in [4.78, 5) is 11.6. The highest BCUT2D eigenvalue weighted by Gasteiger charge is 2.31. The number of ether oxygens (including phenoxy) is 3. The lowest BCUT2D eigenvalue weighted by molar-refractivity contribution is -0.143. The smallest absolute Gasteiger partial charge is 0.307 e. The first-order valence-electron chi connectivity index (χ1n) is 10.0. The summed E-state index contributed by atoms with van der Waals surface area (Å²) in [6.45, 7) is 3.05. The zero-order valence-electron chi connectivity index (χ0n) is 16.8. The first-order chi connectivity index (χ1) is 14.2. The normalized spacial score (nSPS) is 18.9. The molecule has 3 rings (SSSR count). The molecule has 2 atom stereocenters. The van der Waals surface area contributed by atoms with Gasteiger partial charge in [-0.05, 0) is 48.4 Å². The summed E-state index contributed by atoms with van der Waals surface area (Å²) in [5, 5.41) is 12.8. The Balaban J connectivity index is 1.56. The number of hydrogen-bond donors (Lipinski definition) is 2. The molecule has 156 valence electrons. The molecule has 1 aliphatic rings. The second-order valence-corrected chi connectivity index (χ2v) is 7.20. The number of benzene rings is 2. The number of rotatable bonds is 10. The van der Waals surface area contributed by atoms with Gasteiger partial charge in [0.25, 0.3) is 0 Å². The van der Waals surface area contributed by atoms with Crippen molar-refractivity contribution in [3.05, 3.63) is 59.7 Å². The summed E-state index contributed by atoms with van der Waals surface area (Å²) in [6.07, 6.45) is 1.41. The first-order valence-corrected chi connectivity index (χ1v) is 10.0. The Labute approximate surface area is 171 Å². The summed E-state index contributed by atoms with van der Waals surface area (Å²) >= 11 is 0. The van der Waals surface area contributed by atoms with Gasteiger partial charge in [-0.2, -0.15) is 0 Å². The van der Waals surface area contributed by atoms with E-state index in [-0.39, 0.29) is 11.8 Å². The van der Waals surface area contributed by atoms with E-state index in [2.05, 4.69) is 5.32 Å². The Bertz CT molecular complexity index is 794. The Kier molecular flexibility index (Phi) is 7.90. The number of carboxylic acids is 1. The largest absolute Gasteiger partial charge is 0.493 e.